The van der Waals surface area contributed by atoms with E-state index in [4.69, 9.17) is 5.73 Å². The summed E-state index contributed by atoms with van der Waals surface area (Å²) in [5.41, 5.74) is 7.97. The molecule has 1 saturated carbocycles. The van der Waals surface area contributed by atoms with E-state index in [2.05, 4.69) is 47.3 Å². The van der Waals surface area contributed by atoms with Gasteiger partial charge >= 0.3 is 0 Å². The summed E-state index contributed by atoms with van der Waals surface area (Å²) in [4.78, 5) is 4.38. The van der Waals surface area contributed by atoms with Crippen molar-refractivity contribution in [2.75, 3.05) is 0 Å². The van der Waals surface area contributed by atoms with Gasteiger partial charge in [-0.2, -0.15) is 5.10 Å². The van der Waals surface area contributed by atoms with Crippen LogP contribution in [0.1, 0.15) is 49.9 Å². The van der Waals surface area contributed by atoms with E-state index in [1.165, 1.54) is 18.4 Å². The Morgan fingerprint density at radius 1 is 1.24 bits per heavy atom. The molecule has 0 saturated heterocycles. The molecular weight excluding hydrogens is 260 g/mol. The van der Waals surface area contributed by atoms with Crippen molar-refractivity contribution < 1.29 is 0 Å². The van der Waals surface area contributed by atoms with Crippen molar-refractivity contribution in [3.05, 3.63) is 48.0 Å². The Morgan fingerprint density at radius 2 is 1.95 bits per heavy atom. The van der Waals surface area contributed by atoms with Crippen molar-refractivity contribution in [3.63, 3.8) is 0 Å². The fourth-order valence-corrected chi connectivity index (χ4v) is 3.43. The second-order valence-electron chi connectivity index (χ2n) is 6.22. The number of aromatic nitrogens is 3. The van der Waals surface area contributed by atoms with Gasteiger partial charge < -0.3 is 5.73 Å². The van der Waals surface area contributed by atoms with Gasteiger partial charge in [-0.25, -0.2) is 4.98 Å². The summed E-state index contributed by atoms with van der Waals surface area (Å²) in [6.07, 6.45) is 6.92. The lowest BCUT2D eigenvalue weighted by Gasteiger charge is -2.37. The maximum Gasteiger partial charge on any atom is 0.138 e. The Hall–Kier alpha value is -1.68. The second-order valence-corrected chi connectivity index (χ2v) is 6.22. The molecule has 0 spiro atoms. The van der Waals surface area contributed by atoms with E-state index in [0.29, 0.717) is 5.92 Å². The van der Waals surface area contributed by atoms with E-state index in [-0.39, 0.29) is 5.54 Å². The quantitative estimate of drug-likeness (QED) is 0.939. The van der Waals surface area contributed by atoms with E-state index < -0.39 is 0 Å². The highest BCUT2D eigenvalue weighted by Gasteiger charge is 2.33. The highest BCUT2D eigenvalue weighted by atomic mass is 15.3. The third kappa shape index (κ3) is 3.16. The molecule has 112 valence electrons. The molecule has 1 aromatic carbocycles. The number of nitrogens with two attached hydrogens (primary N) is 1. The molecule has 0 aliphatic heterocycles. The molecule has 1 aliphatic carbocycles. The third-order valence-corrected chi connectivity index (χ3v) is 4.76. The number of hydrogen-bond acceptors (Lipinski definition) is 3. The maximum absolute atomic E-state index is 6.63. The van der Waals surface area contributed by atoms with Crippen molar-refractivity contribution in [1.29, 1.82) is 0 Å². The summed E-state index contributed by atoms with van der Waals surface area (Å²) in [7, 11) is 0. The predicted molar refractivity (Wildman–Crippen MR) is 84.0 cm³/mol. The fourth-order valence-electron chi connectivity index (χ4n) is 3.43. The molecule has 2 aromatic rings. The minimum Gasteiger partial charge on any atom is -0.325 e. The van der Waals surface area contributed by atoms with Gasteiger partial charge in [0, 0.05) is 18.5 Å². The summed E-state index contributed by atoms with van der Waals surface area (Å²) >= 11 is 0. The van der Waals surface area contributed by atoms with Crippen LogP contribution in [-0.2, 0) is 13.0 Å². The Bertz CT molecular complexity index is 567. The van der Waals surface area contributed by atoms with E-state index in [0.717, 1.165) is 31.6 Å². The van der Waals surface area contributed by atoms with Crippen LogP contribution < -0.4 is 5.73 Å². The van der Waals surface area contributed by atoms with Crippen molar-refractivity contribution in [1.82, 2.24) is 14.8 Å². The van der Waals surface area contributed by atoms with Crippen LogP contribution in [0.4, 0.5) is 0 Å². The average molecular weight is 284 g/mol. The Balaban J connectivity index is 1.64. The smallest absolute Gasteiger partial charge is 0.138 e. The third-order valence-electron chi connectivity index (χ3n) is 4.76. The zero-order valence-electron chi connectivity index (χ0n) is 12.7. The Labute approximate surface area is 126 Å². The number of benzene rings is 1. The minimum atomic E-state index is -0.120. The van der Waals surface area contributed by atoms with Gasteiger partial charge in [0.1, 0.15) is 12.2 Å². The van der Waals surface area contributed by atoms with Crippen molar-refractivity contribution in [2.24, 2.45) is 5.73 Å². The van der Waals surface area contributed by atoms with Gasteiger partial charge in [0.15, 0.2) is 0 Å². The normalized spacial score (nSPS) is 25.9. The molecule has 21 heavy (non-hydrogen) atoms. The molecular formula is C17H24N4. The van der Waals surface area contributed by atoms with Gasteiger partial charge in [-0.15, -0.1) is 0 Å². The minimum absolute atomic E-state index is 0.120. The van der Waals surface area contributed by atoms with Gasteiger partial charge in [-0.05, 0) is 44.1 Å². The SMILES string of the molecule is CCn1ncnc1CC1(N)CCC(c2ccccc2)CC1. The average Bonchev–Trinajstić information content (AvgIpc) is 2.95. The van der Waals surface area contributed by atoms with Crippen LogP contribution in [0.15, 0.2) is 36.7 Å². The molecule has 0 amide bonds. The van der Waals surface area contributed by atoms with Crippen molar-refractivity contribution in [2.45, 2.75) is 57.0 Å². The van der Waals surface area contributed by atoms with Gasteiger partial charge in [-0.1, -0.05) is 30.3 Å². The number of nitrogens with zero attached hydrogens (tertiary/aromatic N) is 3. The summed E-state index contributed by atoms with van der Waals surface area (Å²) in [6, 6.07) is 10.8. The van der Waals surface area contributed by atoms with Crippen LogP contribution >= 0.6 is 0 Å². The fraction of sp³-hybridized carbons (Fsp3) is 0.529. The van der Waals surface area contributed by atoms with Crippen LogP contribution in [0.2, 0.25) is 0 Å². The molecule has 0 atom stereocenters. The first-order chi connectivity index (χ1) is 10.2. The molecule has 1 aliphatic rings. The summed E-state index contributed by atoms with van der Waals surface area (Å²) < 4.78 is 1.96. The number of rotatable bonds is 4. The van der Waals surface area contributed by atoms with Crippen molar-refractivity contribution >= 4 is 0 Å². The summed E-state index contributed by atoms with van der Waals surface area (Å²) in [5.74, 6) is 1.69. The van der Waals surface area contributed by atoms with Crippen LogP contribution in [0, 0.1) is 0 Å². The monoisotopic (exact) mass is 284 g/mol. The zero-order valence-corrected chi connectivity index (χ0v) is 12.7. The van der Waals surface area contributed by atoms with E-state index in [1.54, 1.807) is 6.33 Å². The Morgan fingerprint density at radius 3 is 2.62 bits per heavy atom. The first-order valence-corrected chi connectivity index (χ1v) is 7.91. The lowest BCUT2D eigenvalue weighted by atomic mass is 9.73. The predicted octanol–water partition coefficient (Wildman–Crippen LogP) is 2.90. The van der Waals surface area contributed by atoms with E-state index >= 15 is 0 Å². The van der Waals surface area contributed by atoms with E-state index in [9.17, 15) is 0 Å². The first-order valence-electron chi connectivity index (χ1n) is 7.91. The Kier molecular flexibility index (Phi) is 4.06. The van der Waals surface area contributed by atoms with Crippen molar-refractivity contribution in [3.8, 4) is 0 Å². The molecule has 4 nitrogen and oxygen atoms in total. The maximum atomic E-state index is 6.63. The standard InChI is InChI=1S/C17H24N4/c1-2-21-16(19-13-20-21)12-17(18)10-8-15(9-11-17)14-6-4-3-5-7-14/h3-7,13,15H,2,8-12,18H2,1H3. The summed E-state index contributed by atoms with van der Waals surface area (Å²) in [5, 5.41) is 4.24. The van der Waals surface area contributed by atoms with Crippen LogP contribution in [0.25, 0.3) is 0 Å². The highest BCUT2D eigenvalue weighted by molar-refractivity contribution is 5.20. The van der Waals surface area contributed by atoms with Crippen LogP contribution in [-0.4, -0.2) is 20.3 Å². The molecule has 0 bridgehead atoms. The lowest BCUT2D eigenvalue weighted by Crippen LogP contribution is -2.45. The van der Waals surface area contributed by atoms with Gasteiger partial charge in [-0.3, -0.25) is 4.68 Å². The topological polar surface area (TPSA) is 56.7 Å². The molecule has 0 radical (unpaired) electrons. The first kappa shape index (κ1) is 14.3. The molecule has 0 unspecified atom stereocenters. The second kappa shape index (κ2) is 5.98. The highest BCUT2D eigenvalue weighted by Crippen LogP contribution is 2.37. The molecule has 1 fully saturated rings. The number of aryl methyl sites for hydroxylation is 1. The lowest BCUT2D eigenvalue weighted by molar-refractivity contribution is 0.264. The zero-order chi connectivity index (χ0) is 14.7. The summed E-state index contributed by atoms with van der Waals surface area (Å²) in [6.45, 7) is 2.95. The van der Waals surface area contributed by atoms with Crippen LogP contribution in [0.5, 0.6) is 0 Å². The number of hydrogen-bond donors (Lipinski definition) is 1. The van der Waals surface area contributed by atoms with Gasteiger partial charge in [0.25, 0.3) is 0 Å². The molecule has 1 aromatic heterocycles. The largest absolute Gasteiger partial charge is 0.325 e. The van der Waals surface area contributed by atoms with E-state index in [1.807, 2.05) is 4.68 Å². The van der Waals surface area contributed by atoms with Crippen LogP contribution in [0.3, 0.4) is 0 Å². The van der Waals surface area contributed by atoms with Gasteiger partial charge in [0.2, 0.25) is 0 Å². The van der Waals surface area contributed by atoms with Gasteiger partial charge in [0.05, 0.1) is 0 Å². The molecule has 4 heteroatoms. The molecule has 1 heterocycles. The molecule has 3 rings (SSSR count). The molecule has 2 N–H and O–H groups in total.